The number of likely N-dealkylation sites (N-methyl/N-ethyl adjacent to an activating group) is 1. The minimum Gasteiger partial charge on any atom is -0.488 e. The van der Waals surface area contributed by atoms with Gasteiger partial charge in [-0.1, -0.05) is 0 Å². The van der Waals surface area contributed by atoms with E-state index in [-0.39, 0.29) is 12.4 Å². The van der Waals surface area contributed by atoms with Crippen LogP contribution in [0.5, 0.6) is 5.75 Å². The molecule has 3 N–H and O–H groups in total. The van der Waals surface area contributed by atoms with Gasteiger partial charge in [0.15, 0.2) is 11.6 Å². The van der Waals surface area contributed by atoms with E-state index in [1.54, 1.807) is 0 Å². The van der Waals surface area contributed by atoms with E-state index in [0.29, 0.717) is 6.07 Å². The quantitative estimate of drug-likeness (QED) is 0.770. The van der Waals surface area contributed by atoms with Crippen molar-refractivity contribution in [1.29, 1.82) is 0 Å². The molecule has 0 spiro atoms. The van der Waals surface area contributed by atoms with Crippen LogP contribution in [0.4, 0.5) is 8.78 Å². The van der Waals surface area contributed by atoms with Gasteiger partial charge in [-0.3, -0.25) is 4.79 Å². The minimum atomic E-state index is -0.820. The van der Waals surface area contributed by atoms with Crippen LogP contribution in [-0.2, 0) is 4.79 Å². The summed E-state index contributed by atoms with van der Waals surface area (Å²) < 4.78 is 30.7. The third-order valence-electron chi connectivity index (χ3n) is 1.99. The van der Waals surface area contributed by atoms with E-state index >= 15 is 0 Å². The molecular weight excluding hydrogens is 218 g/mol. The molecule has 0 bridgehead atoms. The first kappa shape index (κ1) is 12.4. The summed E-state index contributed by atoms with van der Waals surface area (Å²) in [5.41, 5.74) is 5.04. The Morgan fingerprint density at radius 1 is 1.56 bits per heavy atom. The highest BCUT2D eigenvalue weighted by atomic mass is 19.1. The van der Waals surface area contributed by atoms with E-state index in [2.05, 4.69) is 5.32 Å². The van der Waals surface area contributed by atoms with E-state index in [1.807, 2.05) is 0 Å². The van der Waals surface area contributed by atoms with Crippen LogP contribution in [0.1, 0.15) is 0 Å². The first-order valence-electron chi connectivity index (χ1n) is 4.59. The number of primary amides is 1. The third-order valence-corrected chi connectivity index (χ3v) is 1.99. The summed E-state index contributed by atoms with van der Waals surface area (Å²) in [7, 11) is 1.53. The molecule has 4 nitrogen and oxygen atoms in total. The first-order valence-corrected chi connectivity index (χ1v) is 4.59. The van der Waals surface area contributed by atoms with Crippen molar-refractivity contribution >= 4 is 5.91 Å². The highest BCUT2D eigenvalue weighted by Crippen LogP contribution is 2.17. The van der Waals surface area contributed by atoms with Crippen LogP contribution >= 0.6 is 0 Å². The molecule has 0 fully saturated rings. The summed E-state index contributed by atoms with van der Waals surface area (Å²) in [5, 5.41) is 2.61. The average molecular weight is 230 g/mol. The van der Waals surface area contributed by atoms with E-state index in [0.717, 1.165) is 12.1 Å². The molecule has 0 radical (unpaired) electrons. The number of halogens is 2. The highest BCUT2D eigenvalue weighted by Gasteiger charge is 2.14. The molecule has 6 heteroatoms. The van der Waals surface area contributed by atoms with Gasteiger partial charge in [0, 0.05) is 6.07 Å². The van der Waals surface area contributed by atoms with Gasteiger partial charge in [0.25, 0.3) is 0 Å². The number of carbonyl (C=O) groups is 1. The monoisotopic (exact) mass is 230 g/mol. The maximum atomic E-state index is 13.1. The summed E-state index contributed by atoms with van der Waals surface area (Å²) in [4.78, 5) is 10.8. The number of nitrogens with two attached hydrogens (primary N) is 1. The Balaban J connectivity index is 2.63. The summed E-state index contributed by atoms with van der Waals surface area (Å²) in [6, 6.07) is 2.20. The van der Waals surface area contributed by atoms with E-state index < -0.39 is 23.6 Å². The smallest absolute Gasteiger partial charge is 0.238 e. The number of amides is 1. The fourth-order valence-electron chi connectivity index (χ4n) is 1.07. The molecule has 0 aliphatic rings. The van der Waals surface area contributed by atoms with Crippen molar-refractivity contribution in [2.45, 2.75) is 6.04 Å². The number of rotatable bonds is 5. The lowest BCUT2D eigenvalue weighted by atomic mass is 10.3. The molecule has 0 aliphatic heterocycles. The Labute approximate surface area is 91.4 Å². The molecule has 1 amide bonds. The summed E-state index contributed by atoms with van der Waals surface area (Å²) >= 11 is 0. The summed E-state index contributed by atoms with van der Waals surface area (Å²) in [5.74, 6) is -2.24. The Kier molecular flexibility index (Phi) is 4.19. The molecule has 1 rings (SSSR count). The second-order valence-corrected chi connectivity index (χ2v) is 3.13. The van der Waals surface area contributed by atoms with Gasteiger partial charge in [0.2, 0.25) is 5.91 Å². The molecule has 0 saturated heterocycles. The molecular formula is C10H12F2N2O2. The maximum Gasteiger partial charge on any atom is 0.238 e. The molecule has 1 atom stereocenters. The fourth-order valence-corrected chi connectivity index (χ4v) is 1.07. The van der Waals surface area contributed by atoms with Gasteiger partial charge in [-0.05, 0) is 19.2 Å². The van der Waals surface area contributed by atoms with Crippen molar-refractivity contribution < 1.29 is 18.3 Å². The lowest BCUT2D eigenvalue weighted by molar-refractivity contribution is -0.120. The van der Waals surface area contributed by atoms with Gasteiger partial charge in [-0.2, -0.15) is 0 Å². The number of ether oxygens (including phenoxy) is 1. The number of hydrogen-bond acceptors (Lipinski definition) is 3. The normalized spacial score (nSPS) is 12.2. The maximum absolute atomic E-state index is 13.1. The van der Waals surface area contributed by atoms with Crippen LogP contribution < -0.4 is 15.8 Å². The molecule has 16 heavy (non-hydrogen) atoms. The highest BCUT2D eigenvalue weighted by molar-refractivity contribution is 5.79. The van der Waals surface area contributed by atoms with Crippen LogP contribution in [0.3, 0.4) is 0 Å². The van der Waals surface area contributed by atoms with Crippen LogP contribution in [0, 0.1) is 11.6 Å². The van der Waals surface area contributed by atoms with E-state index in [1.165, 1.54) is 7.05 Å². The number of carbonyl (C=O) groups excluding carboxylic acids is 1. The standard InChI is InChI=1S/C10H12F2N2O2/c1-14-8(10(13)15)5-16-9-3-2-6(11)4-7(9)12/h2-4,8,14H,5H2,1H3,(H2,13,15). The van der Waals surface area contributed by atoms with Crippen LogP contribution in [0.2, 0.25) is 0 Å². The zero-order valence-corrected chi connectivity index (χ0v) is 8.67. The summed E-state index contributed by atoms with van der Waals surface area (Å²) in [6.07, 6.45) is 0. The average Bonchev–Trinajstić information content (AvgIpc) is 2.21. The van der Waals surface area contributed by atoms with Crippen molar-refractivity contribution in [2.75, 3.05) is 13.7 Å². The third kappa shape index (κ3) is 3.16. The van der Waals surface area contributed by atoms with Crippen LogP contribution in [0.15, 0.2) is 18.2 Å². The first-order chi connectivity index (χ1) is 7.54. The van der Waals surface area contributed by atoms with Crippen LogP contribution in [0.25, 0.3) is 0 Å². The Morgan fingerprint density at radius 3 is 2.75 bits per heavy atom. The lowest BCUT2D eigenvalue weighted by Gasteiger charge is -2.13. The molecule has 0 aliphatic carbocycles. The molecule has 0 heterocycles. The second kappa shape index (κ2) is 5.41. The number of benzene rings is 1. The van der Waals surface area contributed by atoms with Crippen molar-refractivity contribution in [2.24, 2.45) is 5.73 Å². The predicted molar refractivity (Wildman–Crippen MR) is 53.9 cm³/mol. The zero-order valence-electron chi connectivity index (χ0n) is 8.67. The molecule has 1 unspecified atom stereocenters. The molecule has 1 aromatic rings. The SMILES string of the molecule is CNC(COc1ccc(F)cc1F)C(N)=O. The van der Waals surface area contributed by atoms with Gasteiger partial charge in [-0.15, -0.1) is 0 Å². The van der Waals surface area contributed by atoms with Crippen molar-refractivity contribution in [3.8, 4) is 5.75 Å². The van der Waals surface area contributed by atoms with Gasteiger partial charge in [0.1, 0.15) is 18.5 Å². The van der Waals surface area contributed by atoms with Crippen molar-refractivity contribution in [1.82, 2.24) is 5.32 Å². The fraction of sp³-hybridized carbons (Fsp3) is 0.300. The molecule has 0 aromatic heterocycles. The Hall–Kier alpha value is -1.69. The predicted octanol–water partition coefficient (Wildman–Crippen LogP) is 0.417. The second-order valence-electron chi connectivity index (χ2n) is 3.13. The number of nitrogens with one attached hydrogen (secondary N) is 1. The molecule has 0 saturated carbocycles. The van der Waals surface area contributed by atoms with Gasteiger partial charge in [0.05, 0.1) is 0 Å². The van der Waals surface area contributed by atoms with Crippen molar-refractivity contribution in [3.63, 3.8) is 0 Å². The van der Waals surface area contributed by atoms with E-state index in [9.17, 15) is 13.6 Å². The Bertz CT molecular complexity index is 385. The summed E-state index contributed by atoms with van der Waals surface area (Å²) in [6.45, 7) is -0.117. The van der Waals surface area contributed by atoms with Gasteiger partial charge < -0.3 is 15.8 Å². The molecule has 88 valence electrons. The largest absolute Gasteiger partial charge is 0.488 e. The molecule has 1 aromatic carbocycles. The lowest BCUT2D eigenvalue weighted by Crippen LogP contribution is -2.43. The Morgan fingerprint density at radius 2 is 2.25 bits per heavy atom. The number of hydrogen-bond donors (Lipinski definition) is 2. The van der Waals surface area contributed by atoms with Crippen LogP contribution in [-0.4, -0.2) is 25.6 Å². The van der Waals surface area contributed by atoms with Gasteiger partial charge in [-0.25, -0.2) is 8.78 Å². The minimum absolute atomic E-state index is 0.117. The van der Waals surface area contributed by atoms with Gasteiger partial charge >= 0.3 is 0 Å². The van der Waals surface area contributed by atoms with E-state index in [4.69, 9.17) is 10.5 Å². The topological polar surface area (TPSA) is 64.3 Å². The zero-order chi connectivity index (χ0) is 12.1. The van der Waals surface area contributed by atoms with Crippen molar-refractivity contribution in [3.05, 3.63) is 29.8 Å².